The van der Waals surface area contributed by atoms with Crippen LogP contribution in [-0.2, 0) is 6.54 Å². The number of phenols is 1. The van der Waals surface area contributed by atoms with Crippen molar-refractivity contribution in [3.8, 4) is 11.5 Å². The number of benzene rings is 1. The highest BCUT2D eigenvalue weighted by atomic mass is 16.5. The number of hydrogen-bond acceptors (Lipinski definition) is 4. The van der Waals surface area contributed by atoms with Gasteiger partial charge in [0.2, 0.25) is 0 Å². The first-order chi connectivity index (χ1) is 9.17. The van der Waals surface area contributed by atoms with E-state index in [9.17, 15) is 5.11 Å². The van der Waals surface area contributed by atoms with Crippen molar-refractivity contribution in [2.45, 2.75) is 50.4 Å². The lowest BCUT2D eigenvalue weighted by Crippen LogP contribution is -2.46. The van der Waals surface area contributed by atoms with Crippen LogP contribution in [0.1, 0.15) is 31.2 Å². The molecular weight excluding hydrogens is 240 g/mol. The Labute approximate surface area is 114 Å². The predicted molar refractivity (Wildman–Crippen MR) is 74.2 cm³/mol. The molecule has 1 aromatic rings. The lowest BCUT2D eigenvalue weighted by Gasteiger charge is -2.37. The van der Waals surface area contributed by atoms with Gasteiger partial charge in [-0.25, -0.2) is 0 Å². The van der Waals surface area contributed by atoms with Gasteiger partial charge >= 0.3 is 0 Å². The van der Waals surface area contributed by atoms with Crippen LogP contribution in [-0.4, -0.2) is 35.2 Å². The maximum absolute atomic E-state index is 10.1. The Bertz CT molecular complexity index is 449. The highest BCUT2D eigenvalue weighted by Crippen LogP contribution is 2.37. The molecule has 2 fully saturated rings. The van der Waals surface area contributed by atoms with Crippen molar-refractivity contribution in [1.29, 1.82) is 0 Å². The molecule has 2 unspecified atom stereocenters. The molecule has 2 aliphatic rings. The molecule has 104 valence electrons. The van der Waals surface area contributed by atoms with E-state index in [-0.39, 0.29) is 0 Å². The zero-order valence-electron chi connectivity index (χ0n) is 11.4. The van der Waals surface area contributed by atoms with Gasteiger partial charge in [0.05, 0.1) is 7.11 Å². The second-order valence-corrected chi connectivity index (χ2v) is 5.78. The Balaban J connectivity index is 1.75. The molecule has 2 saturated heterocycles. The largest absolute Gasteiger partial charge is 0.507 e. The monoisotopic (exact) mass is 262 g/mol. The van der Waals surface area contributed by atoms with E-state index in [4.69, 9.17) is 10.5 Å². The number of ether oxygens (including phenoxy) is 1. The van der Waals surface area contributed by atoms with Crippen molar-refractivity contribution in [2.24, 2.45) is 5.73 Å². The van der Waals surface area contributed by atoms with Crippen LogP contribution in [0.5, 0.6) is 11.5 Å². The maximum atomic E-state index is 10.1. The lowest BCUT2D eigenvalue weighted by atomic mass is 9.97. The normalized spacial score (nSPS) is 30.5. The van der Waals surface area contributed by atoms with Gasteiger partial charge in [-0.05, 0) is 31.7 Å². The minimum absolute atomic E-state index is 0.327. The van der Waals surface area contributed by atoms with Gasteiger partial charge in [-0.1, -0.05) is 6.07 Å². The summed E-state index contributed by atoms with van der Waals surface area (Å²) >= 11 is 0. The summed E-state index contributed by atoms with van der Waals surface area (Å²) in [5.74, 6) is 1.03. The molecule has 0 saturated carbocycles. The van der Waals surface area contributed by atoms with E-state index in [1.165, 1.54) is 12.8 Å². The number of phenolic OH excluding ortho intramolecular Hbond substituents is 1. The van der Waals surface area contributed by atoms with E-state index in [0.29, 0.717) is 29.6 Å². The van der Waals surface area contributed by atoms with Crippen LogP contribution in [0.3, 0.4) is 0 Å². The first kappa shape index (κ1) is 12.8. The summed E-state index contributed by atoms with van der Waals surface area (Å²) in [7, 11) is 1.61. The second-order valence-electron chi connectivity index (χ2n) is 5.78. The molecule has 0 radical (unpaired) electrons. The van der Waals surface area contributed by atoms with Gasteiger partial charge in [-0.15, -0.1) is 0 Å². The standard InChI is InChI=1S/C15H22N2O2/c1-19-14-5-2-10(15(18)8-14)9-17-12-3-4-13(17)7-11(16)6-12/h2,5,8,11-13,18H,3-4,6-7,9,16H2,1H3. The summed E-state index contributed by atoms with van der Waals surface area (Å²) in [5, 5.41) is 10.1. The van der Waals surface area contributed by atoms with Gasteiger partial charge in [0, 0.05) is 36.3 Å². The molecule has 3 N–H and O–H groups in total. The summed E-state index contributed by atoms with van der Waals surface area (Å²) in [6.07, 6.45) is 4.67. The van der Waals surface area contributed by atoms with Gasteiger partial charge in [-0.2, -0.15) is 0 Å². The average Bonchev–Trinajstić information content (AvgIpc) is 2.63. The van der Waals surface area contributed by atoms with Crippen molar-refractivity contribution >= 4 is 0 Å². The van der Waals surface area contributed by atoms with E-state index in [2.05, 4.69) is 4.90 Å². The Kier molecular flexibility index (Phi) is 3.37. The number of aromatic hydroxyl groups is 1. The molecule has 0 spiro atoms. The van der Waals surface area contributed by atoms with Crippen LogP contribution in [0.25, 0.3) is 0 Å². The van der Waals surface area contributed by atoms with E-state index in [1.54, 1.807) is 13.2 Å². The summed E-state index contributed by atoms with van der Waals surface area (Å²) in [6.45, 7) is 0.817. The minimum Gasteiger partial charge on any atom is -0.507 e. The van der Waals surface area contributed by atoms with Crippen molar-refractivity contribution in [1.82, 2.24) is 4.90 Å². The van der Waals surface area contributed by atoms with E-state index in [1.807, 2.05) is 12.1 Å². The number of piperidine rings is 1. The van der Waals surface area contributed by atoms with E-state index >= 15 is 0 Å². The van der Waals surface area contributed by atoms with Crippen LogP contribution >= 0.6 is 0 Å². The number of nitrogens with two attached hydrogens (primary N) is 1. The van der Waals surface area contributed by atoms with Crippen molar-refractivity contribution in [3.05, 3.63) is 23.8 Å². The fourth-order valence-electron chi connectivity index (χ4n) is 3.58. The highest BCUT2D eigenvalue weighted by molar-refractivity contribution is 5.39. The zero-order chi connectivity index (χ0) is 13.4. The summed E-state index contributed by atoms with van der Waals surface area (Å²) in [5.41, 5.74) is 7.07. The van der Waals surface area contributed by atoms with Crippen LogP contribution < -0.4 is 10.5 Å². The lowest BCUT2D eigenvalue weighted by molar-refractivity contribution is 0.119. The Morgan fingerprint density at radius 2 is 2.00 bits per heavy atom. The minimum atomic E-state index is 0.327. The quantitative estimate of drug-likeness (QED) is 0.873. The molecule has 2 bridgehead atoms. The van der Waals surface area contributed by atoms with Gasteiger partial charge in [0.25, 0.3) is 0 Å². The third-order valence-electron chi connectivity index (χ3n) is 4.57. The van der Waals surface area contributed by atoms with Gasteiger partial charge in [0.15, 0.2) is 0 Å². The molecule has 4 heteroatoms. The third-order valence-corrected chi connectivity index (χ3v) is 4.57. The van der Waals surface area contributed by atoms with Gasteiger partial charge < -0.3 is 15.6 Å². The molecule has 3 rings (SSSR count). The Hall–Kier alpha value is -1.26. The Morgan fingerprint density at radius 1 is 1.32 bits per heavy atom. The fourth-order valence-corrected chi connectivity index (χ4v) is 3.58. The topological polar surface area (TPSA) is 58.7 Å². The van der Waals surface area contributed by atoms with Crippen LogP contribution in [0, 0.1) is 0 Å². The number of fused-ring (bicyclic) bond motifs is 2. The van der Waals surface area contributed by atoms with E-state index < -0.39 is 0 Å². The smallest absolute Gasteiger partial charge is 0.123 e. The number of methoxy groups -OCH3 is 1. The number of rotatable bonds is 3. The molecule has 2 atom stereocenters. The van der Waals surface area contributed by atoms with Crippen LogP contribution in [0.15, 0.2) is 18.2 Å². The molecular formula is C15H22N2O2. The fraction of sp³-hybridized carbons (Fsp3) is 0.600. The number of hydrogen-bond donors (Lipinski definition) is 2. The first-order valence-corrected chi connectivity index (χ1v) is 7.04. The van der Waals surface area contributed by atoms with Crippen molar-refractivity contribution in [2.75, 3.05) is 7.11 Å². The molecule has 0 aliphatic carbocycles. The average molecular weight is 262 g/mol. The summed E-state index contributed by atoms with van der Waals surface area (Å²) in [4.78, 5) is 2.52. The number of nitrogens with zero attached hydrogens (tertiary/aromatic N) is 1. The van der Waals surface area contributed by atoms with Crippen molar-refractivity contribution < 1.29 is 9.84 Å². The van der Waals surface area contributed by atoms with E-state index in [0.717, 1.165) is 24.9 Å². The third kappa shape index (κ3) is 2.42. The molecule has 2 heterocycles. The second kappa shape index (κ2) is 5.02. The van der Waals surface area contributed by atoms with Crippen LogP contribution in [0.2, 0.25) is 0 Å². The van der Waals surface area contributed by atoms with Crippen molar-refractivity contribution in [3.63, 3.8) is 0 Å². The summed E-state index contributed by atoms with van der Waals surface area (Å²) < 4.78 is 5.12. The molecule has 0 aromatic heterocycles. The zero-order valence-corrected chi connectivity index (χ0v) is 11.4. The molecule has 1 aromatic carbocycles. The summed E-state index contributed by atoms with van der Waals surface area (Å²) in [6, 6.07) is 7.10. The van der Waals surface area contributed by atoms with Gasteiger partial charge in [-0.3, -0.25) is 4.90 Å². The SMILES string of the molecule is COc1ccc(CN2C3CCC2CC(N)C3)c(O)c1. The molecule has 19 heavy (non-hydrogen) atoms. The highest BCUT2D eigenvalue weighted by Gasteiger charge is 2.39. The van der Waals surface area contributed by atoms with Crippen LogP contribution in [0.4, 0.5) is 0 Å². The Morgan fingerprint density at radius 3 is 2.58 bits per heavy atom. The molecule has 4 nitrogen and oxygen atoms in total. The molecule has 2 aliphatic heterocycles. The maximum Gasteiger partial charge on any atom is 0.123 e. The predicted octanol–water partition coefficient (Wildman–Crippen LogP) is 1.85. The first-order valence-electron chi connectivity index (χ1n) is 7.04. The molecule has 0 amide bonds. The van der Waals surface area contributed by atoms with Gasteiger partial charge in [0.1, 0.15) is 11.5 Å².